The molecule has 0 aromatic carbocycles. The van der Waals surface area contributed by atoms with Crippen LogP contribution in [0.5, 0.6) is 0 Å². The molecule has 9 heteroatoms. The predicted octanol–water partition coefficient (Wildman–Crippen LogP) is 2.28. The van der Waals surface area contributed by atoms with Gasteiger partial charge in [-0.1, -0.05) is 11.2 Å². The summed E-state index contributed by atoms with van der Waals surface area (Å²) in [6.07, 6.45) is 0. The van der Waals surface area contributed by atoms with Crippen molar-refractivity contribution in [3.8, 4) is 0 Å². The van der Waals surface area contributed by atoms with E-state index in [2.05, 4.69) is 20.9 Å². The largest absolute Gasteiger partial charge is 0.360 e. The third-order valence-corrected chi connectivity index (χ3v) is 3.84. The third-order valence-electron chi connectivity index (χ3n) is 2.97. The predicted molar refractivity (Wildman–Crippen MR) is 84.7 cm³/mol. The number of anilines is 2. The van der Waals surface area contributed by atoms with Gasteiger partial charge in [-0.05, 0) is 18.4 Å². The summed E-state index contributed by atoms with van der Waals surface area (Å²) in [5.41, 5.74) is 0.162. The van der Waals surface area contributed by atoms with Crippen LogP contribution in [0, 0.1) is 6.92 Å². The lowest BCUT2D eigenvalue weighted by Crippen LogP contribution is -2.13. The van der Waals surface area contributed by atoms with E-state index < -0.39 is 5.91 Å². The molecule has 0 atom stereocenters. The number of hydrogen-bond donors (Lipinski definition) is 2. The maximum Gasteiger partial charge on any atom is 0.277 e. The summed E-state index contributed by atoms with van der Waals surface area (Å²) in [5, 5.41) is 14.9. The fourth-order valence-electron chi connectivity index (χ4n) is 1.89. The molecule has 0 unspecified atom stereocenters. The van der Waals surface area contributed by atoms with E-state index in [4.69, 9.17) is 4.52 Å². The summed E-state index contributed by atoms with van der Waals surface area (Å²) >= 11 is 1.33. The van der Waals surface area contributed by atoms with Crippen LogP contribution in [-0.4, -0.2) is 26.8 Å². The SMILES string of the molecule is Cc1cc(NC(=O)c2cc(NC(=O)c3cccs3)n(C)n2)no1. The molecule has 3 rings (SSSR count). The summed E-state index contributed by atoms with van der Waals surface area (Å²) in [4.78, 5) is 24.7. The number of thiophene rings is 1. The quantitative estimate of drug-likeness (QED) is 0.763. The molecular weight excluding hydrogens is 318 g/mol. The van der Waals surface area contributed by atoms with E-state index >= 15 is 0 Å². The standard InChI is InChI=1S/C14H13N5O3S/c1-8-6-11(18-22-8)15-13(20)9-7-12(19(2)17-9)16-14(21)10-4-3-5-23-10/h3-7H,1-2H3,(H,16,21)(H,15,18,20). The molecule has 118 valence electrons. The third kappa shape index (κ3) is 3.29. The molecule has 23 heavy (non-hydrogen) atoms. The van der Waals surface area contributed by atoms with Crippen molar-refractivity contribution < 1.29 is 14.1 Å². The van der Waals surface area contributed by atoms with Gasteiger partial charge < -0.3 is 15.2 Å². The summed E-state index contributed by atoms with van der Waals surface area (Å²) in [7, 11) is 1.64. The zero-order valence-electron chi connectivity index (χ0n) is 12.4. The first-order chi connectivity index (χ1) is 11.0. The molecule has 0 aliphatic heterocycles. The lowest BCUT2D eigenvalue weighted by atomic mass is 10.3. The van der Waals surface area contributed by atoms with Crippen molar-refractivity contribution in [2.75, 3.05) is 10.6 Å². The van der Waals surface area contributed by atoms with Crippen molar-refractivity contribution >= 4 is 34.8 Å². The van der Waals surface area contributed by atoms with Gasteiger partial charge in [0.25, 0.3) is 11.8 Å². The van der Waals surface area contributed by atoms with E-state index in [0.29, 0.717) is 22.3 Å². The molecule has 0 aliphatic rings. The maximum atomic E-state index is 12.1. The molecule has 0 spiro atoms. The molecule has 3 aromatic rings. The van der Waals surface area contributed by atoms with Crippen LogP contribution in [0.2, 0.25) is 0 Å². The highest BCUT2D eigenvalue weighted by Gasteiger charge is 2.16. The van der Waals surface area contributed by atoms with Gasteiger partial charge in [0.05, 0.1) is 4.88 Å². The van der Waals surface area contributed by atoms with Gasteiger partial charge in [-0.3, -0.25) is 14.3 Å². The van der Waals surface area contributed by atoms with Crippen LogP contribution in [0.25, 0.3) is 0 Å². The van der Waals surface area contributed by atoms with Crippen LogP contribution in [-0.2, 0) is 7.05 Å². The average Bonchev–Trinajstić information content (AvgIpc) is 3.22. The van der Waals surface area contributed by atoms with Crippen molar-refractivity contribution in [1.29, 1.82) is 0 Å². The molecule has 8 nitrogen and oxygen atoms in total. The van der Waals surface area contributed by atoms with Crippen molar-refractivity contribution in [2.45, 2.75) is 6.92 Å². The van der Waals surface area contributed by atoms with Crippen LogP contribution in [0.4, 0.5) is 11.6 Å². The van der Waals surface area contributed by atoms with E-state index in [1.807, 2.05) is 5.38 Å². The molecule has 2 amide bonds. The smallest absolute Gasteiger partial charge is 0.277 e. The van der Waals surface area contributed by atoms with E-state index in [-0.39, 0.29) is 11.6 Å². The van der Waals surface area contributed by atoms with Gasteiger partial charge in [0.2, 0.25) is 0 Å². The number of carbonyl (C=O) groups excluding carboxylic acids is 2. The topological polar surface area (TPSA) is 102 Å². The van der Waals surface area contributed by atoms with Crippen LogP contribution in [0.3, 0.4) is 0 Å². The van der Waals surface area contributed by atoms with Crippen LogP contribution >= 0.6 is 11.3 Å². The minimum atomic E-state index is -0.439. The lowest BCUT2D eigenvalue weighted by molar-refractivity contribution is 0.101. The Hall–Kier alpha value is -2.94. The normalized spacial score (nSPS) is 10.5. The number of aromatic nitrogens is 3. The number of amides is 2. The summed E-state index contributed by atoms with van der Waals surface area (Å²) in [6.45, 7) is 1.72. The summed E-state index contributed by atoms with van der Waals surface area (Å²) < 4.78 is 6.30. The van der Waals surface area contributed by atoms with Crippen molar-refractivity contribution in [2.24, 2.45) is 7.05 Å². The van der Waals surface area contributed by atoms with Crippen molar-refractivity contribution in [3.05, 3.63) is 46.0 Å². The summed E-state index contributed by atoms with van der Waals surface area (Å²) in [6, 6.07) is 6.60. The number of nitrogens with one attached hydrogen (secondary N) is 2. The van der Waals surface area contributed by atoms with Crippen LogP contribution < -0.4 is 10.6 Å². The highest BCUT2D eigenvalue weighted by Crippen LogP contribution is 2.15. The molecule has 0 fully saturated rings. The second-order valence-electron chi connectivity index (χ2n) is 4.75. The molecule has 0 aliphatic carbocycles. The van der Waals surface area contributed by atoms with Gasteiger partial charge in [-0.15, -0.1) is 11.3 Å². The van der Waals surface area contributed by atoms with Crippen molar-refractivity contribution in [3.63, 3.8) is 0 Å². The highest BCUT2D eigenvalue weighted by molar-refractivity contribution is 7.12. The highest BCUT2D eigenvalue weighted by atomic mass is 32.1. The minimum absolute atomic E-state index is 0.162. The van der Waals surface area contributed by atoms with Gasteiger partial charge in [0.15, 0.2) is 11.5 Å². The number of nitrogens with zero attached hydrogens (tertiary/aromatic N) is 3. The number of hydrogen-bond acceptors (Lipinski definition) is 6. The first kappa shape index (κ1) is 15.0. The second-order valence-corrected chi connectivity index (χ2v) is 5.69. The zero-order chi connectivity index (χ0) is 16.4. The Labute approximate surface area is 135 Å². The van der Waals surface area contributed by atoms with E-state index in [1.54, 1.807) is 32.2 Å². The Balaban J connectivity index is 1.72. The molecule has 3 aromatic heterocycles. The number of rotatable bonds is 4. The maximum absolute atomic E-state index is 12.1. The summed E-state index contributed by atoms with van der Waals surface area (Å²) in [5.74, 6) is 0.630. The molecule has 0 radical (unpaired) electrons. The molecule has 2 N–H and O–H groups in total. The Bertz CT molecular complexity index is 850. The van der Waals surface area contributed by atoms with E-state index in [9.17, 15) is 9.59 Å². The second kappa shape index (κ2) is 6.05. The monoisotopic (exact) mass is 331 g/mol. The average molecular weight is 331 g/mol. The van der Waals surface area contributed by atoms with Gasteiger partial charge in [0, 0.05) is 19.2 Å². The lowest BCUT2D eigenvalue weighted by Gasteiger charge is -2.02. The van der Waals surface area contributed by atoms with Gasteiger partial charge >= 0.3 is 0 Å². The number of carbonyl (C=O) groups is 2. The molecule has 0 saturated heterocycles. The van der Waals surface area contributed by atoms with E-state index in [0.717, 1.165) is 0 Å². The minimum Gasteiger partial charge on any atom is -0.360 e. The first-order valence-corrected chi connectivity index (χ1v) is 7.54. The fraction of sp³-hybridized carbons (Fsp3) is 0.143. The molecule has 0 bridgehead atoms. The Morgan fingerprint density at radius 3 is 2.74 bits per heavy atom. The van der Waals surface area contributed by atoms with E-state index in [1.165, 1.54) is 22.1 Å². The van der Waals surface area contributed by atoms with Crippen molar-refractivity contribution in [1.82, 2.24) is 14.9 Å². The molecular formula is C14H13N5O3S. The zero-order valence-corrected chi connectivity index (χ0v) is 13.2. The number of aryl methyl sites for hydroxylation is 2. The van der Waals surface area contributed by atoms with Crippen LogP contribution in [0.15, 0.2) is 34.2 Å². The Kier molecular flexibility index (Phi) is 3.94. The van der Waals surface area contributed by atoms with Crippen LogP contribution in [0.1, 0.15) is 25.9 Å². The Morgan fingerprint density at radius 1 is 1.26 bits per heavy atom. The first-order valence-electron chi connectivity index (χ1n) is 6.66. The molecule has 0 saturated carbocycles. The fourth-order valence-corrected chi connectivity index (χ4v) is 2.51. The van der Waals surface area contributed by atoms with Gasteiger partial charge in [0.1, 0.15) is 11.6 Å². The molecule has 3 heterocycles. The van der Waals surface area contributed by atoms with Gasteiger partial charge in [-0.2, -0.15) is 5.10 Å². The van der Waals surface area contributed by atoms with Gasteiger partial charge in [-0.25, -0.2) is 0 Å². The Morgan fingerprint density at radius 2 is 2.09 bits per heavy atom.